The summed E-state index contributed by atoms with van der Waals surface area (Å²) in [5.41, 5.74) is 1.27. The Bertz CT molecular complexity index is 1550. The number of aromatic nitrogens is 2. The maximum atomic E-state index is 13.5. The highest BCUT2D eigenvalue weighted by atomic mass is 16.5. The lowest BCUT2D eigenvalue weighted by Crippen LogP contribution is -2.41. The lowest BCUT2D eigenvalue weighted by atomic mass is 10.1. The van der Waals surface area contributed by atoms with Crippen LogP contribution in [0.2, 0.25) is 0 Å². The van der Waals surface area contributed by atoms with Crippen LogP contribution in [0.5, 0.6) is 5.75 Å². The second-order valence-electron chi connectivity index (χ2n) is 8.84. The van der Waals surface area contributed by atoms with Gasteiger partial charge in [-0.2, -0.15) is 0 Å². The number of ether oxygens (including phenoxy) is 1. The summed E-state index contributed by atoms with van der Waals surface area (Å²) in [6.07, 6.45) is 1.05. The first-order valence-electron chi connectivity index (χ1n) is 12.4. The molecule has 0 atom stereocenters. The van der Waals surface area contributed by atoms with Crippen LogP contribution in [0.15, 0.2) is 82.4 Å². The van der Waals surface area contributed by atoms with E-state index in [1.54, 1.807) is 67.8 Å². The van der Waals surface area contributed by atoms with Gasteiger partial charge < -0.3 is 15.4 Å². The van der Waals surface area contributed by atoms with Crippen LogP contribution in [0.4, 0.5) is 0 Å². The van der Waals surface area contributed by atoms with E-state index in [4.69, 9.17) is 4.74 Å². The van der Waals surface area contributed by atoms with Crippen LogP contribution < -0.4 is 26.6 Å². The number of carbonyl (C=O) groups excluding carboxylic acids is 2. The number of para-hydroxylation sites is 1. The molecule has 0 aliphatic heterocycles. The molecule has 1 aromatic heterocycles. The molecule has 38 heavy (non-hydrogen) atoms. The molecule has 4 aromatic rings. The summed E-state index contributed by atoms with van der Waals surface area (Å²) in [6.45, 7) is 2.61. The summed E-state index contributed by atoms with van der Waals surface area (Å²) in [4.78, 5) is 51.7. The van der Waals surface area contributed by atoms with Crippen LogP contribution in [0.25, 0.3) is 16.6 Å². The number of carbonyl (C=O) groups is 2. The van der Waals surface area contributed by atoms with Crippen molar-refractivity contribution in [2.24, 2.45) is 0 Å². The number of amides is 2. The Kier molecular flexibility index (Phi) is 8.37. The molecule has 0 spiro atoms. The lowest BCUT2D eigenvalue weighted by molar-refractivity contribution is -0.122. The third kappa shape index (κ3) is 6.00. The molecule has 0 saturated heterocycles. The molecular weight excluding hydrogens is 484 g/mol. The van der Waals surface area contributed by atoms with Crippen molar-refractivity contribution in [1.82, 2.24) is 19.8 Å². The van der Waals surface area contributed by atoms with Gasteiger partial charge in [-0.05, 0) is 53.9 Å². The van der Waals surface area contributed by atoms with Crippen molar-refractivity contribution >= 4 is 22.7 Å². The molecule has 0 radical (unpaired) electrons. The molecule has 0 saturated carbocycles. The fourth-order valence-corrected chi connectivity index (χ4v) is 4.12. The molecule has 4 rings (SSSR count). The second-order valence-corrected chi connectivity index (χ2v) is 8.84. The second kappa shape index (κ2) is 12.1. The molecule has 3 aromatic carbocycles. The van der Waals surface area contributed by atoms with Crippen LogP contribution >= 0.6 is 0 Å². The van der Waals surface area contributed by atoms with Gasteiger partial charge in [0, 0.05) is 13.1 Å². The summed E-state index contributed by atoms with van der Waals surface area (Å²) in [6, 6.07) is 20.7. The molecule has 196 valence electrons. The van der Waals surface area contributed by atoms with Crippen molar-refractivity contribution < 1.29 is 14.3 Å². The van der Waals surface area contributed by atoms with Crippen LogP contribution in [0, 0.1) is 0 Å². The van der Waals surface area contributed by atoms with Gasteiger partial charge in [0.15, 0.2) is 0 Å². The monoisotopic (exact) mass is 514 g/mol. The van der Waals surface area contributed by atoms with Crippen LogP contribution in [-0.4, -0.2) is 34.6 Å². The summed E-state index contributed by atoms with van der Waals surface area (Å²) in [5.74, 6) is 0.255. The van der Waals surface area contributed by atoms with Crippen LogP contribution in [0.1, 0.15) is 24.5 Å². The Balaban J connectivity index is 1.61. The van der Waals surface area contributed by atoms with E-state index in [1.807, 2.05) is 19.1 Å². The average molecular weight is 515 g/mol. The number of fused-ring (bicyclic) bond motifs is 1. The van der Waals surface area contributed by atoms with Crippen molar-refractivity contribution in [3.05, 3.63) is 105 Å². The van der Waals surface area contributed by atoms with Crippen LogP contribution in [0.3, 0.4) is 0 Å². The Morgan fingerprint density at radius 1 is 0.842 bits per heavy atom. The normalized spacial score (nSPS) is 10.8. The highest BCUT2D eigenvalue weighted by Gasteiger charge is 2.16. The van der Waals surface area contributed by atoms with Gasteiger partial charge in [0.05, 0.1) is 30.1 Å². The van der Waals surface area contributed by atoms with Crippen molar-refractivity contribution in [3.63, 3.8) is 0 Å². The maximum absolute atomic E-state index is 13.5. The largest absolute Gasteiger partial charge is 0.497 e. The fraction of sp³-hybridized carbons (Fsp3) is 0.241. The lowest BCUT2D eigenvalue weighted by Gasteiger charge is -2.14. The van der Waals surface area contributed by atoms with E-state index < -0.39 is 11.2 Å². The molecule has 0 aliphatic carbocycles. The molecule has 0 bridgehead atoms. The van der Waals surface area contributed by atoms with Crippen molar-refractivity contribution in [1.29, 1.82) is 0 Å². The van der Waals surface area contributed by atoms with Crippen LogP contribution in [-0.2, 0) is 29.1 Å². The van der Waals surface area contributed by atoms with Gasteiger partial charge in [-0.3, -0.25) is 19.0 Å². The number of hydrogen-bond donors (Lipinski definition) is 2. The van der Waals surface area contributed by atoms with Gasteiger partial charge in [0.2, 0.25) is 11.8 Å². The first-order chi connectivity index (χ1) is 18.4. The Morgan fingerprint density at radius 2 is 1.53 bits per heavy atom. The van der Waals surface area contributed by atoms with E-state index in [0.717, 1.165) is 22.1 Å². The minimum Gasteiger partial charge on any atom is -0.497 e. The third-order valence-electron chi connectivity index (χ3n) is 6.13. The number of hydrogen-bond acceptors (Lipinski definition) is 5. The molecule has 0 aliphatic rings. The van der Waals surface area contributed by atoms with Gasteiger partial charge in [0.1, 0.15) is 12.3 Å². The Labute approximate surface area is 219 Å². The number of methoxy groups -OCH3 is 1. The quantitative estimate of drug-likeness (QED) is 0.338. The highest BCUT2D eigenvalue weighted by molar-refractivity contribution is 5.82. The average Bonchev–Trinajstić information content (AvgIpc) is 2.94. The maximum Gasteiger partial charge on any atom is 0.336 e. The van der Waals surface area contributed by atoms with E-state index in [0.29, 0.717) is 28.9 Å². The predicted molar refractivity (Wildman–Crippen MR) is 146 cm³/mol. The zero-order chi connectivity index (χ0) is 27.1. The zero-order valence-corrected chi connectivity index (χ0v) is 21.4. The molecule has 0 unspecified atom stereocenters. The summed E-state index contributed by atoms with van der Waals surface area (Å²) >= 11 is 0. The van der Waals surface area contributed by atoms with E-state index >= 15 is 0 Å². The molecule has 2 N–H and O–H groups in total. The van der Waals surface area contributed by atoms with E-state index in [1.165, 1.54) is 4.57 Å². The van der Waals surface area contributed by atoms with Gasteiger partial charge in [-0.15, -0.1) is 0 Å². The van der Waals surface area contributed by atoms with Gasteiger partial charge >= 0.3 is 5.69 Å². The van der Waals surface area contributed by atoms with E-state index in [-0.39, 0.29) is 31.3 Å². The minimum absolute atomic E-state index is 0.0921. The summed E-state index contributed by atoms with van der Waals surface area (Å²) < 4.78 is 7.50. The van der Waals surface area contributed by atoms with Crippen molar-refractivity contribution in [2.75, 3.05) is 13.7 Å². The number of benzene rings is 3. The first-order valence-corrected chi connectivity index (χ1v) is 12.4. The first kappa shape index (κ1) is 26.4. The number of rotatable bonds is 10. The van der Waals surface area contributed by atoms with Gasteiger partial charge in [-0.25, -0.2) is 9.36 Å². The third-order valence-corrected chi connectivity index (χ3v) is 6.13. The Morgan fingerprint density at radius 3 is 2.21 bits per heavy atom. The summed E-state index contributed by atoms with van der Waals surface area (Å²) in [7, 11) is 1.58. The molecule has 2 amide bonds. The fourth-order valence-electron chi connectivity index (χ4n) is 4.12. The number of nitrogens with one attached hydrogen (secondary N) is 2. The standard InChI is InChI=1S/C29H30N4O5/c1-3-16-30-26(34)17-20-8-12-22(13-9-20)33-28(36)24-6-4-5-7-25(24)32(29(33)37)19-27(35)31-18-21-10-14-23(38-2)15-11-21/h4-15H,3,16-19H2,1-2H3,(H,30,34)(H,31,35). The molecule has 0 fully saturated rings. The Hall–Kier alpha value is -4.66. The van der Waals surface area contributed by atoms with Gasteiger partial charge in [-0.1, -0.05) is 43.3 Å². The van der Waals surface area contributed by atoms with Crippen molar-refractivity contribution in [2.45, 2.75) is 32.9 Å². The van der Waals surface area contributed by atoms with Crippen molar-refractivity contribution in [3.8, 4) is 11.4 Å². The molecule has 9 nitrogen and oxygen atoms in total. The molecule has 9 heteroatoms. The van der Waals surface area contributed by atoms with E-state index in [2.05, 4.69) is 10.6 Å². The van der Waals surface area contributed by atoms with E-state index in [9.17, 15) is 19.2 Å². The summed E-state index contributed by atoms with van der Waals surface area (Å²) in [5, 5.41) is 5.97. The predicted octanol–water partition coefficient (Wildman–Crippen LogP) is 2.55. The molecular formula is C29H30N4O5. The SMILES string of the molecule is CCCNC(=O)Cc1ccc(-n2c(=O)c3ccccc3n(CC(=O)NCc3ccc(OC)cc3)c2=O)cc1. The van der Waals surface area contributed by atoms with Gasteiger partial charge in [0.25, 0.3) is 5.56 Å². The smallest absolute Gasteiger partial charge is 0.336 e. The minimum atomic E-state index is -0.623. The highest BCUT2D eigenvalue weighted by Crippen LogP contribution is 2.13. The number of nitrogens with zero attached hydrogens (tertiary/aromatic N) is 2. The molecule has 1 heterocycles. The zero-order valence-electron chi connectivity index (χ0n) is 21.4. The topological polar surface area (TPSA) is 111 Å².